The van der Waals surface area contributed by atoms with Crippen molar-refractivity contribution in [2.75, 3.05) is 11.2 Å². The molecule has 1 N–H and O–H groups in total. The molecule has 0 fully saturated rings. The summed E-state index contributed by atoms with van der Waals surface area (Å²) in [4.78, 5) is 8.19. The van der Waals surface area contributed by atoms with Crippen molar-refractivity contribution >= 4 is 17.5 Å². The summed E-state index contributed by atoms with van der Waals surface area (Å²) in [7, 11) is 0. The van der Waals surface area contributed by atoms with E-state index < -0.39 is 0 Å². The molecule has 0 aliphatic rings. The maximum atomic E-state index is 5.84. The molecular weight excluding hydrogens is 198 g/mol. The van der Waals surface area contributed by atoms with Gasteiger partial charge in [-0.15, -0.1) is 11.6 Å². The smallest absolute Gasteiger partial charge is 0.222 e. The Labute approximate surface area is 89.9 Å². The van der Waals surface area contributed by atoms with Crippen LogP contribution in [0.5, 0.6) is 0 Å². The molecule has 0 radical (unpaired) electrons. The molecule has 1 aromatic heterocycles. The first-order valence-electron chi connectivity index (χ1n) is 4.82. The quantitative estimate of drug-likeness (QED) is 0.764. The predicted molar refractivity (Wildman–Crippen MR) is 59.6 cm³/mol. The molecule has 14 heavy (non-hydrogen) atoms. The molecule has 1 atom stereocenters. The van der Waals surface area contributed by atoms with E-state index in [1.807, 2.05) is 0 Å². The SMILES string of the molecule is CC(C)CC(CCl)Nc1ncccn1. The lowest BCUT2D eigenvalue weighted by Crippen LogP contribution is -2.24. The number of hydrogen-bond donors (Lipinski definition) is 1. The molecule has 0 aliphatic carbocycles. The van der Waals surface area contributed by atoms with Crippen LogP contribution in [0.2, 0.25) is 0 Å². The number of nitrogens with zero attached hydrogens (tertiary/aromatic N) is 2. The average molecular weight is 214 g/mol. The minimum atomic E-state index is 0.249. The molecule has 3 nitrogen and oxygen atoms in total. The van der Waals surface area contributed by atoms with Gasteiger partial charge in [0.2, 0.25) is 5.95 Å². The van der Waals surface area contributed by atoms with Crippen LogP contribution in [0.4, 0.5) is 5.95 Å². The van der Waals surface area contributed by atoms with E-state index in [4.69, 9.17) is 11.6 Å². The Bertz CT molecular complexity index is 251. The van der Waals surface area contributed by atoms with E-state index in [9.17, 15) is 0 Å². The van der Waals surface area contributed by atoms with E-state index in [1.165, 1.54) is 0 Å². The number of alkyl halides is 1. The average Bonchev–Trinajstić information content (AvgIpc) is 2.17. The van der Waals surface area contributed by atoms with Crippen molar-refractivity contribution in [2.24, 2.45) is 5.92 Å². The second kappa shape index (κ2) is 5.81. The standard InChI is InChI=1S/C10H16ClN3/c1-8(2)6-9(7-11)14-10-12-4-3-5-13-10/h3-5,8-9H,6-7H2,1-2H3,(H,12,13,14). The van der Waals surface area contributed by atoms with Crippen LogP contribution in [0.15, 0.2) is 18.5 Å². The minimum absolute atomic E-state index is 0.249. The molecular formula is C10H16ClN3. The lowest BCUT2D eigenvalue weighted by molar-refractivity contribution is 0.540. The highest BCUT2D eigenvalue weighted by Crippen LogP contribution is 2.10. The normalized spacial score (nSPS) is 12.9. The van der Waals surface area contributed by atoms with E-state index in [-0.39, 0.29) is 6.04 Å². The van der Waals surface area contributed by atoms with Crippen molar-refractivity contribution in [1.82, 2.24) is 9.97 Å². The zero-order valence-electron chi connectivity index (χ0n) is 8.57. The Balaban J connectivity index is 2.48. The number of hydrogen-bond acceptors (Lipinski definition) is 3. The Kier molecular flexibility index (Phi) is 4.66. The van der Waals surface area contributed by atoms with Gasteiger partial charge in [-0.1, -0.05) is 13.8 Å². The highest BCUT2D eigenvalue weighted by Gasteiger charge is 2.10. The lowest BCUT2D eigenvalue weighted by atomic mass is 10.1. The summed E-state index contributed by atoms with van der Waals surface area (Å²) >= 11 is 5.84. The van der Waals surface area contributed by atoms with Crippen molar-refractivity contribution in [2.45, 2.75) is 26.3 Å². The van der Waals surface area contributed by atoms with Crippen LogP contribution in [0, 0.1) is 5.92 Å². The van der Waals surface area contributed by atoms with Gasteiger partial charge in [0.05, 0.1) is 0 Å². The molecule has 0 aliphatic heterocycles. The van der Waals surface area contributed by atoms with Crippen LogP contribution in [0.1, 0.15) is 20.3 Å². The maximum absolute atomic E-state index is 5.84. The molecule has 0 saturated carbocycles. The van der Waals surface area contributed by atoms with Crippen molar-refractivity contribution in [3.63, 3.8) is 0 Å². The monoisotopic (exact) mass is 213 g/mol. The summed E-state index contributed by atoms with van der Waals surface area (Å²) < 4.78 is 0. The van der Waals surface area contributed by atoms with Gasteiger partial charge in [0.25, 0.3) is 0 Å². The molecule has 1 unspecified atom stereocenters. The molecule has 0 saturated heterocycles. The maximum Gasteiger partial charge on any atom is 0.222 e. The van der Waals surface area contributed by atoms with Crippen LogP contribution in [0.25, 0.3) is 0 Å². The number of aromatic nitrogens is 2. The second-order valence-corrected chi connectivity index (χ2v) is 4.01. The van der Waals surface area contributed by atoms with E-state index in [1.54, 1.807) is 18.5 Å². The van der Waals surface area contributed by atoms with Gasteiger partial charge in [-0.3, -0.25) is 0 Å². The number of anilines is 1. The van der Waals surface area contributed by atoms with Crippen molar-refractivity contribution in [1.29, 1.82) is 0 Å². The number of nitrogens with one attached hydrogen (secondary N) is 1. The molecule has 4 heteroatoms. The fraction of sp³-hybridized carbons (Fsp3) is 0.600. The summed E-state index contributed by atoms with van der Waals surface area (Å²) in [5, 5.41) is 3.21. The van der Waals surface area contributed by atoms with E-state index in [0.717, 1.165) is 6.42 Å². The third kappa shape index (κ3) is 3.92. The summed E-state index contributed by atoms with van der Waals surface area (Å²) in [6.45, 7) is 4.35. The van der Waals surface area contributed by atoms with Crippen molar-refractivity contribution in [3.05, 3.63) is 18.5 Å². The summed E-state index contributed by atoms with van der Waals surface area (Å²) in [6, 6.07) is 2.04. The van der Waals surface area contributed by atoms with Crippen LogP contribution < -0.4 is 5.32 Å². The first-order valence-corrected chi connectivity index (χ1v) is 5.35. The van der Waals surface area contributed by atoms with E-state index in [0.29, 0.717) is 17.7 Å². The van der Waals surface area contributed by atoms with Crippen molar-refractivity contribution < 1.29 is 0 Å². The molecule has 0 amide bonds. The summed E-state index contributed by atoms with van der Waals surface area (Å²) in [5.74, 6) is 1.85. The predicted octanol–water partition coefficient (Wildman–Crippen LogP) is 2.54. The zero-order valence-corrected chi connectivity index (χ0v) is 9.33. The minimum Gasteiger partial charge on any atom is -0.350 e. The molecule has 0 bridgehead atoms. The fourth-order valence-electron chi connectivity index (χ4n) is 1.29. The van der Waals surface area contributed by atoms with Crippen LogP contribution in [0.3, 0.4) is 0 Å². The third-order valence-corrected chi connectivity index (χ3v) is 2.21. The third-order valence-electron chi connectivity index (χ3n) is 1.84. The molecule has 78 valence electrons. The molecule has 0 spiro atoms. The van der Waals surface area contributed by atoms with Crippen LogP contribution >= 0.6 is 11.6 Å². The van der Waals surface area contributed by atoms with Gasteiger partial charge in [0, 0.05) is 24.3 Å². The number of halogens is 1. The van der Waals surface area contributed by atoms with Gasteiger partial charge >= 0.3 is 0 Å². The lowest BCUT2D eigenvalue weighted by Gasteiger charge is -2.17. The van der Waals surface area contributed by atoms with Gasteiger partial charge in [0.1, 0.15) is 0 Å². The van der Waals surface area contributed by atoms with E-state index >= 15 is 0 Å². The van der Waals surface area contributed by atoms with Gasteiger partial charge in [-0.05, 0) is 18.4 Å². The zero-order chi connectivity index (χ0) is 10.4. The highest BCUT2D eigenvalue weighted by molar-refractivity contribution is 6.18. The van der Waals surface area contributed by atoms with Crippen LogP contribution in [-0.2, 0) is 0 Å². The molecule has 1 aromatic rings. The Morgan fingerprint density at radius 2 is 2.00 bits per heavy atom. The largest absolute Gasteiger partial charge is 0.350 e. The summed E-state index contributed by atoms with van der Waals surface area (Å²) in [5.41, 5.74) is 0. The highest BCUT2D eigenvalue weighted by atomic mass is 35.5. The number of rotatable bonds is 5. The van der Waals surface area contributed by atoms with Gasteiger partial charge in [-0.2, -0.15) is 0 Å². The Morgan fingerprint density at radius 3 is 2.50 bits per heavy atom. The molecule has 0 aromatic carbocycles. The molecule has 1 rings (SSSR count). The first kappa shape index (κ1) is 11.2. The van der Waals surface area contributed by atoms with Gasteiger partial charge in [0.15, 0.2) is 0 Å². The topological polar surface area (TPSA) is 37.8 Å². The van der Waals surface area contributed by atoms with Crippen LogP contribution in [-0.4, -0.2) is 21.9 Å². The second-order valence-electron chi connectivity index (χ2n) is 3.70. The van der Waals surface area contributed by atoms with Crippen molar-refractivity contribution in [3.8, 4) is 0 Å². The van der Waals surface area contributed by atoms with Gasteiger partial charge in [-0.25, -0.2) is 9.97 Å². The molecule has 1 heterocycles. The first-order chi connectivity index (χ1) is 6.72. The fourth-order valence-corrected chi connectivity index (χ4v) is 1.49. The van der Waals surface area contributed by atoms with Gasteiger partial charge < -0.3 is 5.32 Å². The van der Waals surface area contributed by atoms with E-state index in [2.05, 4.69) is 29.1 Å². The Hall–Kier alpha value is -0.830. The Morgan fingerprint density at radius 1 is 1.36 bits per heavy atom. The summed E-state index contributed by atoms with van der Waals surface area (Å²) in [6.07, 6.45) is 4.47.